The van der Waals surface area contributed by atoms with Crippen molar-refractivity contribution in [1.29, 1.82) is 0 Å². The molecule has 2 nitrogen and oxygen atoms in total. The topological polar surface area (TPSA) is 21.3 Å². The summed E-state index contributed by atoms with van der Waals surface area (Å²) in [5.74, 6) is 1.80. The monoisotopic (exact) mass is 313 g/mol. The maximum absolute atomic E-state index is 12.2. The molecule has 2 aromatic carbocycles. The van der Waals surface area contributed by atoms with Crippen LogP contribution in [-0.2, 0) is 0 Å². The van der Waals surface area contributed by atoms with Crippen molar-refractivity contribution >= 4 is 0 Å². The Balaban J connectivity index is 1.85. The van der Waals surface area contributed by atoms with E-state index in [1.165, 1.54) is 24.0 Å². The van der Waals surface area contributed by atoms with Crippen molar-refractivity contribution in [3.05, 3.63) is 65.7 Å². The van der Waals surface area contributed by atoms with Gasteiger partial charge in [-0.05, 0) is 55.1 Å². The van der Waals surface area contributed by atoms with Crippen LogP contribution in [0, 0.1) is 5.92 Å². The first-order chi connectivity index (χ1) is 11.4. The minimum atomic E-state index is -0.455. The Hall–Kier alpha value is -1.87. The number of alkyl halides is 1. The molecule has 0 saturated carbocycles. The molecule has 0 bridgehead atoms. The highest BCUT2D eigenvalue weighted by molar-refractivity contribution is 5.37. The lowest BCUT2D eigenvalue weighted by molar-refractivity contribution is 0.273. The first kappa shape index (κ1) is 16.0. The Labute approximate surface area is 137 Å². The van der Waals surface area contributed by atoms with Crippen LogP contribution < -0.4 is 10.1 Å². The van der Waals surface area contributed by atoms with Gasteiger partial charge in [0.1, 0.15) is 19.0 Å². The van der Waals surface area contributed by atoms with Gasteiger partial charge in [0.15, 0.2) is 0 Å². The number of hydrogen-bond acceptors (Lipinski definition) is 2. The molecule has 1 heterocycles. The third-order valence-electron chi connectivity index (χ3n) is 4.60. The van der Waals surface area contributed by atoms with Crippen LogP contribution in [0.2, 0.25) is 0 Å². The van der Waals surface area contributed by atoms with Crippen molar-refractivity contribution in [1.82, 2.24) is 5.32 Å². The van der Waals surface area contributed by atoms with Crippen LogP contribution in [0.15, 0.2) is 54.6 Å². The molecular weight excluding hydrogens is 289 g/mol. The average molecular weight is 313 g/mol. The minimum Gasteiger partial charge on any atom is -0.491 e. The predicted octanol–water partition coefficient (Wildman–Crippen LogP) is 4.17. The molecule has 0 aliphatic carbocycles. The summed E-state index contributed by atoms with van der Waals surface area (Å²) in [6.45, 7) is 1.84. The molecular formula is C20H24FNO. The molecule has 3 heteroatoms. The van der Waals surface area contributed by atoms with E-state index in [-0.39, 0.29) is 6.61 Å². The summed E-state index contributed by atoms with van der Waals surface area (Å²) in [5.41, 5.74) is 2.69. The highest BCUT2D eigenvalue weighted by Crippen LogP contribution is 2.37. The Morgan fingerprint density at radius 1 is 0.957 bits per heavy atom. The fraction of sp³-hybridized carbons (Fsp3) is 0.400. The van der Waals surface area contributed by atoms with Crippen LogP contribution in [0.3, 0.4) is 0 Å². The average Bonchev–Trinajstić information content (AvgIpc) is 2.63. The van der Waals surface area contributed by atoms with E-state index in [0.717, 1.165) is 18.8 Å². The smallest absolute Gasteiger partial charge is 0.123 e. The molecule has 0 amide bonds. The zero-order valence-electron chi connectivity index (χ0n) is 13.4. The van der Waals surface area contributed by atoms with Gasteiger partial charge in [0.2, 0.25) is 0 Å². The summed E-state index contributed by atoms with van der Waals surface area (Å²) >= 11 is 0. The second-order valence-electron chi connectivity index (χ2n) is 6.08. The zero-order valence-corrected chi connectivity index (χ0v) is 13.4. The second-order valence-corrected chi connectivity index (χ2v) is 6.08. The third-order valence-corrected chi connectivity index (χ3v) is 4.60. The van der Waals surface area contributed by atoms with Gasteiger partial charge in [0.25, 0.3) is 0 Å². The lowest BCUT2D eigenvalue weighted by atomic mass is 9.76. The molecule has 1 saturated heterocycles. The highest BCUT2D eigenvalue weighted by Gasteiger charge is 2.26. The number of rotatable bonds is 6. The van der Waals surface area contributed by atoms with Gasteiger partial charge in [0, 0.05) is 5.92 Å². The molecule has 1 fully saturated rings. The number of halogens is 1. The molecule has 1 N–H and O–H groups in total. The maximum atomic E-state index is 12.2. The summed E-state index contributed by atoms with van der Waals surface area (Å²) in [4.78, 5) is 0. The van der Waals surface area contributed by atoms with Gasteiger partial charge in [-0.25, -0.2) is 4.39 Å². The minimum absolute atomic E-state index is 0.121. The molecule has 3 rings (SSSR count). The van der Waals surface area contributed by atoms with E-state index < -0.39 is 6.67 Å². The quantitative estimate of drug-likeness (QED) is 0.864. The molecule has 1 aliphatic heterocycles. The SMILES string of the molecule is FCCOc1ccc([C@@H](c2ccccc2)C2CCNCC2)cc1. The lowest BCUT2D eigenvalue weighted by Crippen LogP contribution is -2.31. The van der Waals surface area contributed by atoms with Crippen LogP contribution in [0.1, 0.15) is 29.9 Å². The molecule has 1 aliphatic rings. The van der Waals surface area contributed by atoms with E-state index in [2.05, 4.69) is 47.8 Å². The van der Waals surface area contributed by atoms with Gasteiger partial charge in [0.05, 0.1) is 0 Å². The molecule has 122 valence electrons. The number of hydrogen-bond donors (Lipinski definition) is 1. The van der Waals surface area contributed by atoms with Crippen molar-refractivity contribution in [2.24, 2.45) is 5.92 Å². The number of ether oxygens (including phenoxy) is 1. The number of piperidine rings is 1. The van der Waals surface area contributed by atoms with Gasteiger partial charge < -0.3 is 10.1 Å². The Morgan fingerprint density at radius 3 is 2.26 bits per heavy atom. The zero-order chi connectivity index (χ0) is 15.9. The van der Waals surface area contributed by atoms with Crippen LogP contribution in [-0.4, -0.2) is 26.4 Å². The largest absolute Gasteiger partial charge is 0.491 e. The van der Waals surface area contributed by atoms with Gasteiger partial charge in [-0.2, -0.15) is 0 Å². The molecule has 23 heavy (non-hydrogen) atoms. The molecule has 0 aromatic heterocycles. The Morgan fingerprint density at radius 2 is 1.61 bits per heavy atom. The first-order valence-corrected chi connectivity index (χ1v) is 8.43. The van der Waals surface area contributed by atoms with E-state index in [1.54, 1.807) is 0 Å². The summed E-state index contributed by atoms with van der Waals surface area (Å²) in [7, 11) is 0. The summed E-state index contributed by atoms with van der Waals surface area (Å²) < 4.78 is 17.6. The molecule has 0 radical (unpaired) electrons. The van der Waals surface area contributed by atoms with Crippen molar-refractivity contribution in [2.75, 3.05) is 26.4 Å². The van der Waals surface area contributed by atoms with E-state index in [0.29, 0.717) is 11.8 Å². The lowest BCUT2D eigenvalue weighted by Gasteiger charge is -2.31. The van der Waals surface area contributed by atoms with Crippen LogP contribution in [0.4, 0.5) is 4.39 Å². The van der Waals surface area contributed by atoms with Crippen molar-refractivity contribution in [2.45, 2.75) is 18.8 Å². The third kappa shape index (κ3) is 4.11. The maximum Gasteiger partial charge on any atom is 0.123 e. The predicted molar refractivity (Wildman–Crippen MR) is 91.8 cm³/mol. The summed E-state index contributed by atoms with van der Waals surface area (Å²) in [5, 5.41) is 3.45. The number of nitrogens with one attached hydrogen (secondary N) is 1. The van der Waals surface area contributed by atoms with Gasteiger partial charge in [-0.15, -0.1) is 0 Å². The fourth-order valence-corrected chi connectivity index (χ4v) is 3.50. The Bertz CT molecular complexity index is 578. The standard InChI is InChI=1S/C20H24FNO/c21-12-15-23-19-8-6-17(7-9-19)20(16-4-2-1-3-5-16)18-10-13-22-14-11-18/h1-9,18,20,22H,10-15H2/t20-/m1/s1. The van der Waals surface area contributed by atoms with E-state index >= 15 is 0 Å². The van der Waals surface area contributed by atoms with Crippen molar-refractivity contribution in [3.8, 4) is 5.75 Å². The fourth-order valence-electron chi connectivity index (χ4n) is 3.50. The second kappa shape index (κ2) is 8.11. The Kier molecular flexibility index (Phi) is 5.65. The van der Waals surface area contributed by atoms with Gasteiger partial charge in [-0.1, -0.05) is 42.5 Å². The van der Waals surface area contributed by atoms with Crippen molar-refractivity contribution in [3.63, 3.8) is 0 Å². The number of benzene rings is 2. The first-order valence-electron chi connectivity index (χ1n) is 8.43. The normalized spacial score (nSPS) is 16.9. The van der Waals surface area contributed by atoms with Gasteiger partial charge in [-0.3, -0.25) is 0 Å². The van der Waals surface area contributed by atoms with E-state index in [1.807, 2.05) is 12.1 Å². The summed E-state index contributed by atoms with van der Waals surface area (Å²) in [6.07, 6.45) is 2.39. The summed E-state index contributed by atoms with van der Waals surface area (Å²) in [6, 6.07) is 18.9. The molecule has 0 unspecified atom stereocenters. The molecule has 0 spiro atoms. The van der Waals surface area contributed by atoms with Crippen LogP contribution in [0.5, 0.6) is 5.75 Å². The molecule has 1 atom stereocenters. The van der Waals surface area contributed by atoms with Crippen molar-refractivity contribution < 1.29 is 9.13 Å². The highest BCUT2D eigenvalue weighted by atomic mass is 19.1. The van der Waals surface area contributed by atoms with Crippen LogP contribution in [0.25, 0.3) is 0 Å². The van der Waals surface area contributed by atoms with E-state index in [9.17, 15) is 4.39 Å². The van der Waals surface area contributed by atoms with Crippen LogP contribution >= 0.6 is 0 Å². The van der Waals surface area contributed by atoms with E-state index in [4.69, 9.17) is 4.74 Å². The molecule has 2 aromatic rings. The van der Waals surface area contributed by atoms with Gasteiger partial charge >= 0.3 is 0 Å².